The first kappa shape index (κ1) is 15.1. The summed E-state index contributed by atoms with van der Waals surface area (Å²) >= 11 is 6.07. The van der Waals surface area contributed by atoms with Crippen LogP contribution in [-0.4, -0.2) is 23.0 Å². The van der Waals surface area contributed by atoms with E-state index in [0.29, 0.717) is 0 Å². The predicted octanol–water partition coefficient (Wildman–Crippen LogP) is 5.58. The lowest BCUT2D eigenvalue weighted by Gasteiger charge is -2.30. The number of halogens is 1. The molecule has 0 aliphatic carbocycles. The van der Waals surface area contributed by atoms with Crippen molar-refractivity contribution >= 4 is 33.8 Å². The second-order valence-electron chi connectivity index (χ2n) is 6.13. The zero-order chi connectivity index (χ0) is 16.5. The fourth-order valence-electron chi connectivity index (χ4n) is 3.34. The smallest absolute Gasteiger partial charge is 0.0475 e. The summed E-state index contributed by atoms with van der Waals surface area (Å²) in [6.07, 6.45) is 5.38. The summed E-state index contributed by atoms with van der Waals surface area (Å²) in [5, 5.41) is 1.91. The van der Waals surface area contributed by atoms with Crippen molar-refractivity contribution in [1.29, 1.82) is 0 Å². The van der Waals surface area contributed by atoms with Gasteiger partial charge in [-0.2, -0.15) is 0 Å². The van der Waals surface area contributed by atoms with Crippen LogP contribution >= 0.6 is 11.6 Å². The van der Waals surface area contributed by atoms with Crippen LogP contribution < -0.4 is 0 Å². The van der Waals surface area contributed by atoms with Gasteiger partial charge in [-0.05, 0) is 29.7 Å². The molecular formula is C21H19ClN2. The Labute approximate surface area is 147 Å². The number of hydrogen-bond donors (Lipinski definition) is 1. The number of aromatic nitrogens is 1. The summed E-state index contributed by atoms with van der Waals surface area (Å²) in [6, 6.07) is 16.6. The molecule has 3 aromatic rings. The molecule has 1 aliphatic heterocycles. The molecule has 2 heterocycles. The standard InChI is InChI=1S/C21H19ClN2/c1-15(20-14-23-21-13-18(22)7-8-19(20)21)24-11-9-17(10-12-24)16-5-3-2-4-6-16/h2-9,13-14,23H,1,10-12H2. The average molecular weight is 335 g/mol. The Kier molecular flexibility index (Phi) is 3.91. The van der Waals surface area contributed by atoms with E-state index in [0.717, 1.165) is 41.3 Å². The Bertz CT molecular complexity index is 921. The molecule has 4 rings (SSSR count). The fraction of sp³-hybridized carbons (Fsp3) is 0.143. The van der Waals surface area contributed by atoms with E-state index >= 15 is 0 Å². The molecule has 0 radical (unpaired) electrons. The zero-order valence-electron chi connectivity index (χ0n) is 13.4. The van der Waals surface area contributed by atoms with E-state index < -0.39 is 0 Å². The van der Waals surface area contributed by atoms with Crippen LogP contribution in [0.4, 0.5) is 0 Å². The number of aromatic amines is 1. The minimum Gasteiger partial charge on any atom is -0.367 e. The highest BCUT2D eigenvalue weighted by molar-refractivity contribution is 6.31. The highest BCUT2D eigenvalue weighted by Gasteiger charge is 2.17. The van der Waals surface area contributed by atoms with Crippen LogP contribution in [-0.2, 0) is 0 Å². The SMILES string of the molecule is C=C(c1c[nH]c2cc(Cl)ccc12)N1CC=C(c2ccccc2)CC1. The number of rotatable bonds is 3. The van der Waals surface area contributed by atoms with E-state index in [-0.39, 0.29) is 0 Å². The van der Waals surface area contributed by atoms with Crippen molar-refractivity contribution in [2.24, 2.45) is 0 Å². The Morgan fingerprint density at radius 1 is 1.12 bits per heavy atom. The van der Waals surface area contributed by atoms with E-state index in [1.54, 1.807) is 0 Å². The van der Waals surface area contributed by atoms with Crippen LogP contribution in [0.5, 0.6) is 0 Å². The van der Waals surface area contributed by atoms with Gasteiger partial charge in [-0.1, -0.05) is 60.7 Å². The van der Waals surface area contributed by atoms with Crippen molar-refractivity contribution in [1.82, 2.24) is 9.88 Å². The van der Waals surface area contributed by atoms with Gasteiger partial charge in [0.1, 0.15) is 0 Å². The van der Waals surface area contributed by atoms with Crippen molar-refractivity contribution in [2.45, 2.75) is 6.42 Å². The van der Waals surface area contributed by atoms with Gasteiger partial charge in [0.2, 0.25) is 0 Å². The molecule has 0 amide bonds. The van der Waals surface area contributed by atoms with E-state index in [4.69, 9.17) is 11.6 Å². The average Bonchev–Trinajstić information content (AvgIpc) is 3.05. The Morgan fingerprint density at radius 2 is 1.96 bits per heavy atom. The molecular weight excluding hydrogens is 316 g/mol. The van der Waals surface area contributed by atoms with Gasteiger partial charge in [0, 0.05) is 46.5 Å². The van der Waals surface area contributed by atoms with Crippen molar-refractivity contribution in [3.63, 3.8) is 0 Å². The van der Waals surface area contributed by atoms with Gasteiger partial charge in [-0.25, -0.2) is 0 Å². The molecule has 120 valence electrons. The van der Waals surface area contributed by atoms with Gasteiger partial charge in [-0.3, -0.25) is 0 Å². The molecule has 2 nitrogen and oxygen atoms in total. The first-order valence-corrected chi connectivity index (χ1v) is 8.55. The van der Waals surface area contributed by atoms with E-state index in [2.05, 4.69) is 58.9 Å². The summed E-state index contributed by atoms with van der Waals surface area (Å²) in [5.74, 6) is 0. The number of benzene rings is 2. The first-order chi connectivity index (χ1) is 11.7. The summed E-state index contributed by atoms with van der Waals surface area (Å²) in [5.41, 5.74) is 6.01. The molecule has 0 unspecified atom stereocenters. The number of nitrogens with zero attached hydrogens (tertiary/aromatic N) is 1. The zero-order valence-corrected chi connectivity index (χ0v) is 14.2. The van der Waals surface area contributed by atoms with Crippen LogP contribution in [0.3, 0.4) is 0 Å². The number of fused-ring (bicyclic) bond motifs is 1. The molecule has 0 atom stereocenters. The second-order valence-corrected chi connectivity index (χ2v) is 6.57. The lowest BCUT2D eigenvalue weighted by atomic mass is 9.98. The van der Waals surface area contributed by atoms with Gasteiger partial charge in [-0.15, -0.1) is 0 Å². The normalized spacial score (nSPS) is 14.7. The molecule has 24 heavy (non-hydrogen) atoms. The van der Waals surface area contributed by atoms with Crippen molar-refractivity contribution < 1.29 is 0 Å². The third-order valence-corrected chi connectivity index (χ3v) is 4.93. The van der Waals surface area contributed by atoms with Crippen molar-refractivity contribution in [3.8, 4) is 0 Å². The molecule has 1 aromatic heterocycles. The third kappa shape index (κ3) is 2.74. The lowest BCUT2D eigenvalue weighted by molar-refractivity contribution is 0.438. The summed E-state index contributed by atoms with van der Waals surface area (Å²) in [6.45, 7) is 6.21. The molecule has 0 bridgehead atoms. The summed E-state index contributed by atoms with van der Waals surface area (Å²) in [7, 11) is 0. The maximum absolute atomic E-state index is 6.07. The van der Waals surface area contributed by atoms with Crippen LogP contribution in [0.15, 0.2) is 67.4 Å². The van der Waals surface area contributed by atoms with Crippen LogP contribution in [0.25, 0.3) is 22.2 Å². The minimum absolute atomic E-state index is 0.745. The largest absolute Gasteiger partial charge is 0.367 e. The fourth-order valence-corrected chi connectivity index (χ4v) is 3.51. The highest BCUT2D eigenvalue weighted by atomic mass is 35.5. The van der Waals surface area contributed by atoms with Crippen LogP contribution in [0.1, 0.15) is 17.5 Å². The van der Waals surface area contributed by atoms with E-state index in [1.807, 2.05) is 18.3 Å². The number of nitrogens with one attached hydrogen (secondary N) is 1. The molecule has 0 fully saturated rings. The molecule has 1 N–H and O–H groups in total. The molecule has 0 saturated carbocycles. The van der Waals surface area contributed by atoms with Gasteiger partial charge < -0.3 is 9.88 Å². The summed E-state index contributed by atoms with van der Waals surface area (Å²) < 4.78 is 0. The molecule has 0 spiro atoms. The molecule has 0 saturated heterocycles. The third-order valence-electron chi connectivity index (χ3n) is 4.69. The lowest BCUT2D eigenvalue weighted by Crippen LogP contribution is -2.26. The van der Waals surface area contributed by atoms with Crippen molar-refractivity contribution in [3.05, 3.63) is 83.5 Å². The molecule has 3 heteroatoms. The van der Waals surface area contributed by atoms with Gasteiger partial charge in [0.15, 0.2) is 0 Å². The Morgan fingerprint density at radius 3 is 2.71 bits per heavy atom. The van der Waals surface area contributed by atoms with Crippen LogP contribution in [0.2, 0.25) is 5.02 Å². The monoisotopic (exact) mass is 334 g/mol. The maximum Gasteiger partial charge on any atom is 0.0475 e. The predicted molar refractivity (Wildman–Crippen MR) is 103 cm³/mol. The molecule has 1 aliphatic rings. The topological polar surface area (TPSA) is 19.0 Å². The molecule has 2 aromatic carbocycles. The maximum atomic E-state index is 6.07. The first-order valence-electron chi connectivity index (χ1n) is 8.18. The van der Waals surface area contributed by atoms with Gasteiger partial charge in [0.05, 0.1) is 0 Å². The van der Waals surface area contributed by atoms with E-state index in [1.165, 1.54) is 16.5 Å². The Balaban J connectivity index is 1.56. The van der Waals surface area contributed by atoms with E-state index in [9.17, 15) is 0 Å². The number of H-pyrrole nitrogens is 1. The van der Waals surface area contributed by atoms with Crippen LogP contribution in [0, 0.1) is 0 Å². The minimum atomic E-state index is 0.745. The van der Waals surface area contributed by atoms with Gasteiger partial charge >= 0.3 is 0 Å². The van der Waals surface area contributed by atoms with Crippen molar-refractivity contribution in [2.75, 3.05) is 13.1 Å². The quantitative estimate of drug-likeness (QED) is 0.662. The van der Waals surface area contributed by atoms with Gasteiger partial charge in [0.25, 0.3) is 0 Å². The highest BCUT2D eigenvalue weighted by Crippen LogP contribution is 2.31. The Hall–Kier alpha value is -2.45. The second kappa shape index (κ2) is 6.21. The summed E-state index contributed by atoms with van der Waals surface area (Å²) in [4.78, 5) is 5.63. The number of hydrogen-bond acceptors (Lipinski definition) is 1.